The third kappa shape index (κ3) is 2.56. The van der Waals surface area contributed by atoms with E-state index in [9.17, 15) is 9.18 Å². The van der Waals surface area contributed by atoms with Crippen LogP contribution in [0.5, 0.6) is 0 Å². The molecular formula is C16H13FOS. The molecule has 0 aliphatic heterocycles. The van der Waals surface area contributed by atoms with Crippen LogP contribution < -0.4 is 0 Å². The fourth-order valence-corrected chi connectivity index (χ4v) is 3.30. The van der Waals surface area contributed by atoms with Crippen molar-refractivity contribution in [2.24, 2.45) is 0 Å². The summed E-state index contributed by atoms with van der Waals surface area (Å²) >= 11 is 1.41. The first-order chi connectivity index (χ1) is 9.26. The minimum absolute atomic E-state index is 0.338. The Morgan fingerprint density at radius 2 is 1.89 bits per heavy atom. The van der Waals surface area contributed by atoms with Gasteiger partial charge in [-0.1, -0.05) is 23.9 Å². The quantitative estimate of drug-likeness (QED) is 0.776. The van der Waals surface area contributed by atoms with E-state index in [-0.39, 0.29) is 5.82 Å². The Kier molecular flexibility index (Phi) is 3.38. The summed E-state index contributed by atoms with van der Waals surface area (Å²) in [6.07, 6.45) is 4.15. The number of carbonyl (C=O) groups is 1. The molecule has 96 valence electrons. The standard InChI is InChI=1S/C16H13FOS/c17-15-8-11(10-18)4-7-16(15)19-14-6-5-12-2-1-3-13(12)9-14/h4-10H,1-3H2. The van der Waals surface area contributed by atoms with E-state index in [1.807, 2.05) is 6.07 Å². The molecule has 2 aromatic carbocycles. The van der Waals surface area contributed by atoms with E-state index >= 15 is 0 Å². The largest absolute Gasteiger partial charge is 0.298 e. The lowest BCUT2D eigenvalue weighted by molar-refractivity contribution is 0.112. The van der Waals surface area contributed by atoms with Crippen LogP contribution in [-0.2, 0) is 12.8 Å². The van der Waals surface area contributed by atoms with Crippen molar-refractivity contribution in [3.8, 4) is 0 Å². The van der Waals surface area contributed by atoms with Crippen molar-refractivity contribution >= 4 is 18.0 Å². The van der Waals surface area contributed by atoms with Gasteiger partial charge >= 0.3 is 0 Å². The Morgan fingerprint density at radius 1 is 1.05 bits per heavy atom. The number of fused-ring (bicyclic) bond motifs is 1. The molecule has 0 unspecified atom stereocenters. The first-order valence-corrected chi connectivity index (χ1v) is 7.12. The molecule has 0 bridgehead atoms. The van der Waals surface area contributed by atoms with Gasteiger partial charge in [0.05, 0.1) is 0 Å². The number of rotatable bonds is 3. The molecule has 0 amide bonds. The van der Waals surface area contributed by atoms with E-state index in [2.05, 4.69) is 12.1 Å². The summed E-state index contributed by atoms with van der Waals surface area (Å²) in [6, 6.07) is 10.9. The third-order valence-electron chi connectivity index (χ3n) is 3.39. The zero-order valence-electron chi connectivity index (χ0n) is 10.4. The number of halogens is 1. The summed E-state index contributed by atoms with van der Waals surface area (Å²) in [5.41, 5.74) is 3.17. The van der Waals surface area contributed by atoms with Crippen LogP contribution in [0.3, 0.4) is 0 Å². The molecule has 0 aromatic heterocycles. The van der Waals surface area contributed by atoms with Gasteiger partial charge in [0.15, 0.2) is 0 Å². The number of hydrogen-bond acceptors (Lipinski definition) is 2. The molecule has 0 heterocycles. The van der Waals surface area contributed by atoms with Gasteiger partial charge in [0, 0.05) is 15.4 Å². The lowest BCUT2D eigenvalue weighted by Gasteiger charge is -2.06. The molecule has 1 nitrogen and oxygen atoms in total. The molecule has 0 saturated carbocycles. The molecule has 19 heavy (non-hydrogen) atoms. The Morgan fingerprint density at radius 3 is 2.68 bits per heavy atom. The van der Waals surface area contributed by atoms with Crippen molar-refractivity contribution in [2.45, 2.75) is 29.1 Å². The van der Waals surface area contributed by atoms with Gasteiger partial charge in [0.2, 0.25) is 0 Å². The monoisotopic (exact) mass is 272 g/mol. The molecule has 3 rings (SSSR count). The molecule has 0 fully saturated rings. The van der Waals surface area contributed by atoms with Gasteiger partial charge in [-0.25, -0.2) is 4.39 Å². The number of benzene rings is 2. The average Bonchev–Trinajstić information content (AvgIpc) is 2.88. The first-order valence-electron chi connectivity index (χ1n) is 6.30. The van der Waals surface area contributed by atoms with E-state index in [1.54, 1.807) is 12.1 Å². The first kappa shape index (κ1) is 12.4. The summed E-state index contributed by atoms with van der Waals surface area (Å²) in [5.74, 6) is -0.338. The minimum Gasteiger partial charge on any atom is -0.298 e. The van der Waals surface area contributed by atoms with Crippen molar-refractivity contribution < 1.29 is 9.18 Å². The topological polar surface area (TPSA) is 17.1 Å². The average molecular weight is 272 g/mol. The second kappa shape index (κ2) is 5.17. The molecule has 0 N–H and O–H groups in total. The van der Waals surface area contributed by atoms with Gasteiger partial charge in [-0.3, -0.25) is 4.79 Å². The normalized spacial score (nSPS) is 13.3. The number of hydrogen-bond donors (Lipinski definition) is 0. The van der Waals surface area contributed by atoms with E-state index < -0.39 is 0 Å². The van der Waals surface area contributed by atoms with Crippen LogP contribution >= 0.6 is 11.8 Å². The highest BCUT2D eigenvalue weighted by molar-refractivity contribution is 7.99. The molecule has 3 heteroatoms. The summed E-state index contributed by atoms with van der Waals surface area (Å²) in [4.78, 5) is 12.2. The van der Waals surface area contributed by atoms with Gasteiger partial charge in [0.1, 0.15) is 12.1 Å². The van der Waals surface area contributed by atoms with Crippen LogP contribution in [-0.4, -0.2) is 6.29 Å². The SMILES string of the molecule is O=Cc1ccc(Sc2ccc3c(c2)CCC3)c(F)c1. The maximum atomic E-state index is 13.8. The maximum absolute atomic E-state index is 13.8. The lowest BCUT2D eigenvalue weighted by atomic mass is 10.1. The fourth-order valence-electron chi connectivity index (χ4n) is 2.41. The van der Waals surface area contributed by atoms with Crippen molar-refractivity contribution in [3.05, 3.63) is 58.9 Å². The summed E-state index contributed by atoms with van der Waals surface area (Å²) < 4.78 is 13.8. The zero-order valence-corrected chi connectivity index (χ0v) is 11.2. The predicted molar refractivity (Wildman–Crippen MR) is 74.4 cm³/mol. The van der Waals surface area contributed by atoms with Crippen LogP contribution in [0.4, 0.5) is 4.39 Å². The van der Waals surface area contributed by atoms with E-state index in [0.717, 1.165) is 17.7 Å². The number of aldehydes is 1. The van der Waals surface area contributed by atoms with Gasteiger partial charge in [0.25, 0.3) is 0 Å². The Hall–Kier alpha value is -1.61. The molecule has 2 aromatic rings. The molecular weight excluding hydrogens is 259 g/mol. The highest BCUT2D eigenvalue weighted by Gasteiger charge is 2.12. The number of carbonyl (C=O) groups excluding carboxylic acids is 1. The lowest BCUT2D eigenvalue weighted by Crippen LogP contribution is -1.87. The second-order valence-corrected chi connectivity index (χ2v) is 5.81. The minimum atomic E-state index is -0.338. The van der Waals surface area contributed by atoms with Crippen LogP contribution in [0.1, 0.15) is 27.9 Å². The summed E-state index contributed by atoms with van der Waals surface area (Å²) in [6.45, 7) is 0. The molecule has 0 saturated heterocycles. The van der Waals surface area contributed by atoms with Crippen molar-refractivity contribution in [3.63, 3.8) is 0 Å². The smallest absolute Gasteiger partial charge is 0.150 e. The van der Waals surface area contributed by atoms with Crippen LogP contribution in [0, 0.1) is 5.82 Å². The van der Waals surface area contributed by atoms with Gasteiger partial charge in [-0.15, -0.1) is 0 Å². The summed E-state index contributed by atoms with van der Waals surface area (Å²) in [7, 11) is 0. The highest BCUT2D eigenvalue weighted by Crippen LogP contribution is 2.33. The Labute approximate surface area is 115 Å². The molecule has 1 aliphatic carbocycles. The van der Waals surface area contributed by atoms with Gasteiger partial charge in [-0.05, 0) is 54.7 Å². The van der Waals surface area contributed by atoms with E-state index in [4.69, 9.17) is 0 Å². The van der Waals surface area contributed by atoms with E-state index in [1.165, 1.54) is 35.4 Å². The van der Waals surface area contributed by atoms with Gasteiger partial charge in [-0.2, -0.15) is 0 Å². The van der Waals surface area contributed by atoms with Crippen LogP contribution in [0.25, 0.3) is 0 Å². The Bertz CT molecular complexity index is 637. The molecule has 0 radical (unpaired) electrons. The molecule has 0 spiro atoms. The maximum Gasteiger partial charge on any atom is 0.150 e. The Balaban J connectivity index is 1.87. The zero-order chi connectivity index (χ0) is 13.2. The van der Waals surface area contributed by atoms with Crippen LogP contribution in [0.15, 0.2) is 46.2 Å². The fraction of sp³-hybridized carbons (Fsp3) is 0.188. The molecule has 1 aliphatic rings. The van der Waals surface area contributed by atoms with Gasteiger partial charge < -0.3 is 0 Å². The predicted octanol–water partition coefficient (Wildman–Crippen LogP) is 4.28. The van der Waals surface area contributed by atoms with E-state index in [0.29, 0.717) is 16.7 Å². The summed E-state index contributed by atoms with van der Waals surface area (Å²) in [5, 5.41) is 0. The van der Waals surface area contributed by atoms with Crippen molar-refractivity contribution in [1.82, 2.24) is 0 Å². The van der Waals surface area contributed by atoms with Crippen molar-refractivity contribution in [2.75, 3.05) is 0 Å². The third-order valence-corrected chi connectivity index (χ3v) is 4.43. The highest BCUT2D eigenvalue weighted by atomic mass is 32.2. The second-order valence-electron chi connectivity index (χ2n) is 4.69. The van der Waals surface area contributed by atoms with Crippen molar-refractivity contribution in [1.29, 1.82) is 0 Å². The molecule has 0 atom stereocenters. The number of aryl methyl sites for hydroxylation is 2. The van der Waals surface area contributed by atoms with Crippen LogP contribution in [0.2, 0.25) is 0 Å².